The molecule has 0 amide bonds. The minimum absolute atomic E-state index is 0.00496. The number of anilines is 1. The molecule has 0 spiro atoms. The molecule has 1 fully saturated rings. The Morgan fingerprint density at radius 1 is 1.36 bits per heavy atom. The van der Waals surface area contributed by atoms with Gasteiger partial charge in [0.15, 0.2) is 11.6 Å². The molecule has 0 saturated carbocycles. The van der Waals surface area contributed by atoms with Crippen LogP contribution in [0.5, 0.6) is 5.75 Å². The highest BCUT2D eigenvalue weighted by Crippen LogP contribution is 2.33. The number of halogens is 1. The average Bonchev–Trinajstić information content (AvgIpc) is 2.53. The summed E-state index contributed by atoms with van der Waals surface area (Å²) >= 11 is 5.93. The third-order valence-electron chi connectivity index (χ3n) is 3.37. The van der Waals surface area contributed by atoms with Crippen LogP contribution in [0.3, 0.4) is 0 Å². The molecule has 9 heteroatoms. The minimum atomic E-state index is -0.829. The van der Waals surface area contributed by atoms with Gasteiger partial charge in [0.05, 0.1) is 39.1 Å². The third-order valence-corrected chi connectivity index (χ3v) is 3.54. The molecule has 0 aromatic carbocycles. The number of hydrogen-bond donors (Lipinski definition) is 3. The van der Waals surface area contributed by atoms with Crippen LogP contribution in [-0.4, -0.2) is 70.4 Å². The Hall–Kier alpha value is -1.19. The van der Waals surface area contributed by atoms with E-state index in [-0.39, 0.29) is 36.0 Å². The van der Waals surface area contributed by atoms with Crippen molar-refractivity contribution in [1.82, 2.24) is 9.97 Å². The van der Waals surface area contributed by atoms with Crippen LogP contribution in [0.2, 0.25) is 5.28 Å². The second kappa shape index (κ2) is 7.89. The van der Waals surface area contributed by atoms with E-state index in [1.807, 2.05) is 11.8 Å². The zero-order chi connectivity index (χ0) is 16.1. The van der Waals surface area contributed by atoms with Crippen molar-refractivity contribution in [3.63, 3.8) is 0 Å². The smallest absolute Gasteiger partial charge is 0.224 e. The van der Waals surface area contributed by atoms with Crippen molar-refractivity contribution in [2.24, 2.45) is 0 Å². The quantitative estimate of drug-likeness (QED) is 0.602. The first-order valence-electron chi connectivity index (χ1n) is 7.00. The van der Waals surface area contributed by atoms with Crippen molar-refractivity contribution < 1.29 is 24.8 Å². The predicted molar refractivity (Wildman–Crippen MR) is 79.2 cm³/mol. The van der Waals surface area contributed by atoms with Crippen molar-refractivity contribution >= 4 is 17.4 Å². The Balaban J connectivity index is 2.43. The lowest BCUT2D eigenvalue weighted by molar-refractivity contribution is 0.0597. The van der Waals surface area contributed by atoms with Crippen molar-refractivity contribution in [3.05, 3.63) is 11.0 Å². The summed E-state index contributed by atoms with van der Waals surface area (Å²) in [5.74, 6) is 0.639. The van der Waals surface area contributed by atoms with Gasteiger partial charge in [-0.25, -0.2) is 4.98 Å². The number of morpholine rings is 1. The van der Waals surface area contributed by atoms with Gasteiger partial charge in [0, 0.05) is 6.54 Å². The Morgan fingerprint density at radius 3 is 2.68 bits per heavy atom. The normalized spacial score (nSPS) is 18.8. The summed E-state index contributed by atoms with van der Waals surface area (Å²) in [5.41, 5.74) is 0.209. The van der Waals surface area contributed by atoms with Crippen LogP contribution < -0.4 is 9.64 Å². The van der Waals surface area contributed by atoms with Crippen molar-refractivity contribution in [2.45, 2.75) is 25.7 Å². The molecular weight excluding hydrogens is 314 g/mol. The number of aliphatic hydroxyl groups is 3. The maximum absolute atomic E-state index is 9.49. The maximum atomic E-state index is 9.49. The molecule has 1 aliphatic heterocycles. The number of nitrogens with zero attached hydrogens (tertiary/aromatic N) is 3. The van der Waals surface area contributed by atoms with Gasteiger partial charge in [-0.3, -0.25) is 0 Å². The first kappa shape index (κ1) is 17.2. The largest absolute Gasteiger partial charge is 0.480 e. The van der Waals surface area contributed by atoms with Gasteiger partial charge in [-0.05, 0) is 18.5 Å². The molecule has 8 nitrogen and oxygen atoms in total. The van der Waals surface area contributed by atoms with Crippen LogP contribution in [0.15, 0.2) is 0 Å². The van der Waals surface area contributed by atoms with Crippen LogP contribution in [0.1, 0.15) is 12.6 Å². The predicted octanol–water partition coefficient (Wildman–Crippen LogP) is -0.421. The summed E-state index contributed by atoms with van der Waals surface area (Å²) in [6.45, 7) is 2.46. The summed E-state index contributed by atoms with van der Waals surface area (Å²) in [7, 11) is 0. The van der Waals surface area contributed by atoms with Crippen LogP contribution in [0, 0.1) is 0 Å². The van der Waals surface area contributed by atoms with E-state index in [1.54, 1.807) is 0 Å². The molecule has 1 saturated heterocycles. The Labute approximate surface area is 133 Å². The van der Waals surface area contributed by atoms with Crippen molar-refractivity contribution in [2.75, 3.05) is 37.9 Å². The number of hydrogen-bond acceptors (Lipinski definition) is 8. The van der Waals surface area contributed by atoms with Crippen molar-refractivity contribution in [1.29, 1.82) is 0 Å². The van der Waals surface area contributed by atoms with Gasteiger partial charge in [0.25, 0.3) is 0 Å². The van der Waals surface area contributed by atoms with Crippen molar-refractivity contribution in [3.8, 4) is 5.75 Å². The van der Waals surface area contributed by atoms with E-state index in [9.17, 15) is 15.3 Å². The summed E-state index contributed by atoms with van der Waals surface area (Å²) in [6, 6.07) is 0.0373. The van der Waals surface area contributed by atoms with E-state index in [1.165, 1.54) is 0 Å². The van der Waals surface area contributed by atoms with Crippen LogP contribution in [-0.2, 0) is 11.3 Å². The Bertz CT molecular complexity index is 501. The SMILES string of the molecule is C[C@@H]1COCCN1c1nc(Cl)nc(CO)c1OC(CO)CO. The minimum Gasteiger partial charge on any atom is -0.480 e. The second-order valence-corrected chi connectivity index (χ2v) is 5.31. The fourth-order valence-electron chi connectivity index (χ4n) is 2.22. The van der Waals surface area contributed by atoms with Crippen LogP contribution in [0.4, 0.5) is 5.82 Å². The summed E-state index contributed by atoms with van der Waals surface area (Å²) < 4.78 is 11.0. The fourth-order valence-corrected chi connectivity index (χ4v) is 2.40. The molecule has 1 atom stereocenters. The number of aromatic nitrogens is 2. The molecule has 124 valence electrons. The standard InChI is InChI=1S/C13H20ClN3O5/c1-8-7-21-3-2-17(8)12-11(22-9(4-18)5-19)10(6-20)15-13(14)16-12/h8-9,18-20H,2-7H2,1H3/t8-/m1/s1. The molecule has 22 heavy (non-hydrogen) atoms. The first-order chi connectivity index (χ1) is 10.6. The second-order valence-electron chi connectivity index (χ2n) is 4.97. The molecule has 1 aromatic rings. The van der Waals surface area contributed by atoms with E-state index in [0.29, 0.717) is 25.6 Å². The molecule has 2 heterocycles. The number of rotatable bonds is 6. The lowest BCUT2D eigenvalue weighted by atomic mass is 10.2. The third kappa shape index (κ3) is 3.76. The lowest BCUT2D eigenvalue weighted by Crippen LogP contribution is -2.44. The van der Waals surface area contributed by atoms with Gasteiger partial charge < -0.3 is 29.7 Å². The molecule has 1 aromatic heterocycles. The molecule has 2 rings (SSSR count). The van der Waals surface area contributed by atoms with Crippen LogP contribution >= 0.6 is 11.6 Å². The number of aliphatic hydroxyl groups excluding tert-OH is 3. The number of ether oxygens (including phenoxy) is 2. The van der Waals surface area contributed by atoms with E-state index in [0.717, 1.165) is 0 Å². The molecule has 0 radical (unpaired) electrons. The topological polar surface area (TPSA) is 108 Å². The van der Waals surface area contributed by atoms with Gasteiger partial charge in [-0.15, -0.1) is 0 Å². The zero-order valence-corrected chi connectivity index (χ0v) is 13.0. The van der Waals surface area contributed by atoms with E-state index in [4.69, 9.17) is 21.1 Å². The van der Waals surface area contributed by atoms with E-state index in [2.05, 4.69) is 9.97 Å². The Kier molecular flexibility index (Phi) is 6.16. The van der Waals surface area contributed by atoms with Gasteiger partial charge in [-0.2, -0.15) is 4.98 Å². The zero-order valence-electron chi connectivity index (χ0n) is 12.3. The average molecular weight is 334 g/mol. The molecule has 0 bridgehead atoms. The summed E-state index contributed by atoms with van der Waals surface area (Å²) in [4.78, 5) is 10.1. The first-order valence-corrected chi connectivity index (χ1v) is 7.38. The molecule has 3 N–H and O–H groups in total. The van der Waals surface area contributed by atoms with E-state index >= 15 is 0 Å². The molecule has 1 aliphatic rings. The van der Waals surface area contributed by atoms with Crippen LogP contribution in [0.25, 0.3) is 0 Å². The monoisotopic (exact) mass is 333 g/mol. The lowest BCUT2D eigenvalue weighted by Gasteiger charge is -2.35. The molecule has 0 aliphatic carbocycles. The maximum Gasteiger partial charge on any atom is 0.224 e. The molecule has 0 unspecified atom stereocenters. The van der Waals surface area contributed by atoms with Gasteiger partial charge in [0.1, 0.15) is 11.8 Å². The highest BCUT2D eigenvalue weighted by molar-refractivity contribution is 6.28. The summed E-state index contributed by atoms with van der Waals surface area (Å²) in [5, 5.41) is 27.9. The summed E-state index contributed by atoms with van der Waals surface area (Å²) in [6.07, 6.45) is -0.829. The highest BCUT2D eigenvalue weighted by Gasteiger charge is 2.27. The van der Waals surface area contributed by atoms with Gasteiger partial charge in [-0.1, -0.05) is 0 Å². The molecular formula is C13H20ClN3O5. The fraction of sp³-hybridized carbons (Fsp3) is 0.692. The Morgan fingerprint density at radius 2 is 2.09 bits per heavy atom. The van der Waals surface area contributed by atoms with Gasteiger partial charge >= 0.3 is 0 Å². The van der Waals surface area contributed by atoms with Gasteiger partial charge in [0.2, 0.25) is 5.28 Å². The highest BCUT2D eigenvalue weighted by atomic mass is 35.5. The van der Waals surface area contributed by atoms with E-state index < -0.39 is 12.7 Å².